The highest BCUT2D eigenvalue weighted by atomic mass is 16.7. The summed E-state index contributed by atoms with van der Waals surface area (Å²) < 4.78 is 0. The fourth-order valence-corrected chi connectivity index (χ4v) is 0.820. The second kappa shape index (κ2) is 7.05. The van der Waals surface area contributed by atoms with Gasteiger partial charge < -0.3 is 11.5 Å². The van der Waals surface area contributed by atoms with Gasteiger partial charge in [-0.2, -0.15) is 4.99 Å². The topological polar surface area (TPSA) is 89.2 Å². The van der Waals surface area contributed by atoms with Crippen LogP contribution in [0.2, 0.25) is 0 Å². The van der Waals surface area contributed by atoms with Gasteiger partial charge in [-0.15, -0.1) is 0 Å². The summed E-state index contributed by atoms with van der Waals surface area (Å²) in [6.07, 6.45) is 0.964. The van der Waals surface area contributed by atoms with Gasteiger partial charge in [0.1, 0.15) is 0 Å². The van der Waals surface area contributed by atoms with E-state index < -0.39 is 0 Å². The predicted molar refractivity (Wildman–Crippen MR) is 62.4 cm³/mol. The van der Waals surface area contributed by atoms with Gasteiger partial charge >= 0.3 is 0 Å². The number of guanidine groups is 2. The van der Waals surface area contributed by atoms with E-state index in [1.165, 1.54) is 5.06 Å². The zero-order valence-electron chi connectivity index (χ0n) is 9.90. The summed E-state index contributed by atoms with van der Waals surface area (Å²) in [5.74, 6) is 0.370. The average Bonchev–Trinajstić information content (AvgIpc) is 2.13. The summed E-state index contributed by atoms with van der Waals surface area (Å²) in [7, 11) is 1.67. The molecule has 0 aliphatic heterocycles. The van der Waals surface area contributed by atoms with Crippen molar-refractivity contribution in [1.82, 2.24) is 5.06 Å². The standard InChI is InChI=1S/C9H21N5O/c1-5-6-12-8(10)13-9(11)14(4)15-7(2)3/h7H,5-6H2,1-4H3,(H4,10,11,12,13). The van der Waals surface area contributed by atoms with E-state index in [9.17, 15) is 0 Å². The van der Waals surface area contributed by atoms with Gasteiger partial charge in [0.05, 0.1) is 6.10 Å². The van der Waals surface area contributed by atoms with Crippen molar-refractivity contribution in [3.8, 4) is 0 Å². The third-order valence-corrected chi connectivity index (χ3v) is 1.42. The van der Waals surface area contributed by atoms with Crippen molar-refractivity contribution in [2.45, 2.75) is 33.3 Å². The zero-order valence-corrected chi connectivity index (χ0v) is 9.90. The van der Waals surface area contributed by atoms with Crippen LogP contribution in [-0.2, 0) is 4.84 Å². The highest BCUT2D eigenvalue weighted by Crippen LogP contribution is 1.92. The lowest BCUT2D eigenvalue weighted by Gasteiger charge is -2.19. The molecule has 0 saturated heterocycles. The highest BCUT2D eigenvalue weighted by molar-refractivity contribution is 5.92. The summed E-state index contributed by atoms with van der Waals surface area (Å²) in [6, 6.07) is 0. The van der Waals surface area contributed by atoms with Crippen LogP contribution in [0.3, 0.4) is 0 Å². The smallest absolute Gasteiger partial charge is 0.223 e. The molecule has 6 heteroatoms. The molecule has 0 aliphatic rings. The first kappa shape index (κ1) is 13.7. The van der Waals surface area contributed by atoms with Gasteiger partial charge in [0, 0.05) is 13.6 Å². The summed E-state index contributed by atoms with van der Waals surface area (Å²) in [5, 5.41) is 1.37. The van der Waals surface area contributed by atoms with Gasteiger partial charge in [0.15, 0.2) is 0 Å². The van der Waals surface area contributed by atoms with Crippen LogP contribution in [0.5, 0.6) is 0 Å². The van der Waals surface area contributed by atoms with Crippen molar-refractivity contribution in [2.24, 2.45) is 21.5 Å². The number of hydrogen-bond donors (Lipinski definition) is 2. The molecule has 0 aliphatic carbocycles. The van der Waals surface area contributed by atoms with E-state index in [0.29, 0.717) is 6.54 Å². The molecule has 0 unspecified atom stereocenters. The Morgan fingerprint density at radius 3 is 2.47 bits per heavy atom. The number of nitrogens with two attached hydrogens (primary N) is 2. The van der Waals surface area contributed by atoms with Crippen LogP contribution >= 0.6 is 0 Å². The Labute approximate surface area is 91.0 Å². The normalized spacial score (nSPS) is 13.4. The van der Waals surface area contributed by atoms with Crippen LogP contribution in [0.25, 0.3) is 0 Å². The molecular weight excluding hydrogens is 194 g/mol. The molecule has 0 spiro atoms. The van der Waals surface area contributed by atoms with Crippen molar-refractivity contribution < 1.29 is 4.84 Å². The van der Waals surface area contributed by atoms with E-state index in [4.69, 9.17) is 16.3 Å². The second-order valence-electron chi connectivity index (χ2n) is 3.36. The van der Waals surface area contributed by atoms with Gasteiger partial charge in [0.2, 0.25) is 11.9 Å². The Hall–Kier alpha value is -1.30. The van der Waals surface area contributed by atoms with Crippen molar-refractivity contribution in [3.05, 3.63) is 0 Å². The van der Waals surface area contributed by atoms with Gasteiger partial charge in [-0.05, 0) is 20.3 Å². The quantitative estimate of drug-likeness (QED) is 0.401. The summed E-state index contributed by atoms with van der Waals surface area (Å²) in [6.45, 7) is 6.46. The maximum absolute atomic E-state index is 5.63. The third-order valence-electron chi connectivity index (χ3n) is 1.42. The fraction of sp³-hybridized carbons (Fsp3) is 0.778. The molecule has 0 atom stereocenters. The SMILES string of the molecule is CCCN=C(N)N=C(N)N(C)OC(C)C. The van der Waals surface area contributed by atoms with Crippen LogP contribution in [0.4, 0.5) is 0 Å². The molecule has 88 valence electrons. The molecule has 0 fully saturated rings. The number of aliphatic imine (C=N–C) groups is 2. The summed E-state index contributed by atoms with van der Waals surface area (Å²) in [5.41, 5.74) is 11.2. The largest absolute Gasteiger partial charge is 0.368 e. The molecule has 0 aromatic carbocycles. The molecule has 0 aromatic rings. The summed E-state index contributed by atoms with van der Waals surface area (Å²) in [4.78, 5) is 13.2. The van der Waals surface area contributed by atoms with E-state index in [0.717, 1.165) is 6.42 Å². The lowest BCUT2D eigenvalue weighted by atomic mass is 10.5. The van der Waals surface area contributed by atoms with Crippen molar-refractivity contribution in [2.75, 3.05) is 13.6 Å². The van der Waals surface area contributed by atoms with Gasteiger partial charge in [-0.3, -0.25) is 9.83 Å². The Balaban J connectivity index is 4.28. The minimum Gasteiger partial charge on any atom is -0.368 e. The summed E-state index contributed by atoms with van der Waals surface area (Å²) >= 11 is 0. The van der Waals surface area contributed by atoms with E-state index >= 15 is 0 Å². The highest BCUT2D eigenvalue weighted by Gasteiger charge is 2.04. The molecule has 0 rings (SSSR count). The fourth-order valence-electron chi connectivity index (χ4n) is 0.820. The van der Waals surface area contributed by atoms with Crippen LogP contribution < -0.4 is 11.5 Å². The number of rotatable bonds is 4. The first-order chi connectivity index (χ1) is 6.97. The number of hydrogen-bond acceptors (Lipinski definition) is 2. The lowest BCUT2D eigenvalue weighted by molar-refractivity contribution is -0.116. The van der Waals surface area contributed by atoms with Crippen LogP contribution in [0, 0.1) is 0 Å². The first-order valence-electron chi connectivity index (χ1n) is 5.02. The van der Waals surface area contributed by atoms with Crippen LogP contribution in [-0.4, -0.2) is 36.7 Å². The Morgan fingerprint density at radius 2 is 2.00 bits per heavy atom. The molecule has 0 radical (unpaired) electrons. The van der Waals surface area contributed by atoms with E-state index in [-0.39, 0.29) is 18.0 Å². The maximum atomic E-state index is 5.63. The minimum absolute atomic E-state index is 0.0394. The second-order valence-corrected chi connectivity index (χ2v) is 3.36. The van der Waals surface area contributed by atoms with E-state index in [1.807, 2.05) is 20.8 Å². The monoisotopic (exact) mass is 215 g/mol. The lowest BCUT2D eigenvalue weighted by Crippen LogP contribution is -2.37. The molecule has 15 heavy (non-hydrogen) atoms. The average molecular weight is 215 g/mol. The zero-order chi connectivity index (χ0) is 11.8. The minimum atomic E-state index is 0.0394. The van der Waals surface area contributed by atoms with E-state index in [2.05, 4.69) is 9.98 Å². The van der Waals surface area contributed by atoms with Crippen LogP contribution in [0.15, 0.2) is 9.98 Å². The third kappa shape index (κ3) is 6.73. The Kier molecular flexibility index (Phi) is 6.44. The number of nitrogens with zero attached hydrogens (tertiary/aromatic N) is 3. The van der Waals surface area contributed by atoms with Crippen molar-refractivity contribution in [1.29, 1.82) is 0 Å². The van der Waals surface area contributed by atoms with Crippen molar-refractivity contribution in [3.63, 3.8) is 0 Å². The molecule has 6 nitrogen and oxygen atoms in total. The Bertz CT molecular complexity index is 237. The first-order valence-corrected chi connectivity index (χ1v) is 5.02. The predicted octanol–water partition coefficient (Wildman–Crippen LogP) is 0.298. The van der Waals surface area contributed by atoms with Gasteiger partial charge in [-0.25, -0.2) is 5.06 Å². The molecular formula is C9H21N5O. The molecule has 0 aromatic heterocycles. The molecule has 0 saturated carbocycles. The Morgan fingerprint density at radius 1 is 1.40 bits per heavy atom. The van der Waals surface area contributed by atoms with E-state index in [1.54, 1.807) is 7.05 Å². The number of hydroxylamine groups is 2. The maximum Gasteiger partial charge on any atom is 0.223 e. The van der Waals surface area contributed by atoms with Crippen LogP contribution in [0.1, 0.15) is 27.2 Å². The van der Waals surface area contributed by atoms with Gasteiger partial charge in [-0.1, -0.05) is 6.92 Å². The molecule has 4 N–H and O–H groups in total. The molecule has 0 amide bonds. The van der Waals surface area contributed by atoms with Crippen molar-refractivity contribution >= 4 is 11.9 Å². The van der Waals surface area contributed by atoms with Gasteiger partial charge in [0.25, 0.3) is 0 Å². The molecule has 0 bridgehead atoms. The molecule has 0 heterocycles.